The summed E-state index contributed by atoms with van der Waals surface area (Å²) in [4.78, 5) is 21.9. The smallest absolute Gasteiger partial charge is 0.277 e. The zero-order chi connectivity index (χ0) is 20.2. The van der Waals surface area contributed by atoms with E-state index in [0.717, 1.165) is 16.6 Å². The highest BCUT2D eigenvalue weighted by molar-refractivity contribution is 5.92. The van der Waals surface area contributed by atoms with Gasteiger partial charge >= 0.3 is 0 Å². The minimum Gasteiger partial charge on any atom is -0.373 e. The van der Waals surface area contributed by atoms with E-state index in [1.807, 2.05) is 28.8 Å². The van der Waals surface area contributed by atoms with Crippen molar-refractivity contribution in [2.45, 2.75) is 12.6 Å². The Morgan fingerprint density at radius 3 is 2.90 bits per heavy atom. The third-order valence-corrected chi connectivity index (χ3v) is 4.92. The molecule has 2 aromatic heterocycles. The van der Waals surface area contributed by atoms with Gasteiger partial charge in [0.1, 0.15) is 0 Å². The van der Waals surface area contributed by atoms with Gasteiger partial charge in [-0.3, -0.25) is 14.7 Å². The number of rotatable bonds is 6. The molecule has 3 aromatic rings. The van der Waals surface area contributed by atoms with Crippen LogP contribution in [0, 0.1) is 0 Å². The molecule has 1 amide bonds. The van der Waals surface area contributed by atoms with Crippen LogP contribution in [0.4, 0.5) is 5.95 Å². The van der Waals surface area contributed by atoms with E-state index < -0.39 is 5.91 Å². The second kappa shape index (κ2) is 8.52. The Kier molecular flexibility index (Phi) is 5.65. The van der Waals surface area contributed by atoms with Crippen LogP contribution in [0.3, 0.4) is 0 Å². The summed E-state index contributed by atoms with van der Waals surface area (Å²) in [6.07, 6.45) is 2.77. The highest BCUT2D eigenvalue weighted by Gasteiger charge is 2.22. The van der Waals surface area contributed by atoms with Crippen molar-refractivity contribution >= 4 is 22.8 Å². The van der Waals surface area contributed by atoms with E-state index in [9.17, 15) is 4.79 Å². The van der Waals surface area contributed by atoms with Crippen LogP contribution in [0.2, 0.25) is 0 Å². The summed E-state index contributed by atoms with van der Waals surface area (Å²) in [7, 11) is 1.95. The molecule has 4 rings (SSSR count). The van der Waals surface area contributed by atoms with Crippen LogP contribution in [-0.2, 0) is 18.3 Å². The van der Waals surface area contributed by atoms with Crippen molar-refractivity contribution < 1.29 is 14.7 Å². The van der Waals surface area contributed by atoms with Crippen molar-refractivity contribution in [3.05, 3.63) is 47.9 Å². The van der Waals surface area contributed by atoms with Gasteiger partial charge in [-0.25, -0.2) is 15.4 Å². The van der Waals surface area contributed by atoms with E-state index >= 15 is 0 Å². The number of hydrogen-bond acceptors (Lipinski definition) is 8. The number of aromatic nitrogens is 4. The monoisotopic (exact) mass is 397 g/mol. The number of carbonyl (C=O) groups excluding carboxylic acids is 1. The maximum Gasteiger partial charge on any atom is 0.277 e. The molecule has 1 aromatic carbocycles. The predicted octanol–water partition coefficient (Wildman–Crippen LogP) is 0.477. The fourth-order valence-electron chi connectivity index (χ4n) is 3.46. The van der Waals surface area contributed by atoms with Crippen molar-refractivity contribution in [1.29, 1.82) is 0 Å². The fraction of sp³-hybridized carbons (Fsp3) is 0.368. The summed E-state index contributed by atoms with van der Waals surface area (Å²) < 4.78 is 7.75. The van der Waals surface area contributed by atoms with Gasteiger partial charge in [0.2, 0.25) is 5.95 Å². The van der Waals surface area contributed by atoms with Crippen molar-refractivity contribution in [1.82, 2.24) is 30.5 Å². The molecule has 0 aliphatic carbocycles. The first-order valence-electron chi connectivity index (χ1n) is 9.40. The number of anilines is 1. The first kappa shape index (κ1) is 19.2. The molecule has 1 saturated heterocycles. The number of morpholine rings is 1. The standard InChI is InChI=1S/C19H23N7O3/c1-25-17-5-3-2-4-15(17)16(23-25)11-20-10-14-12-26(6-7-29-14)19-21-8-13(9-22-19)18(27)24-28/h2-5,8-9,14,20,28H,6-7,10-12H2,1H3,(H,24,27). The Labute approximate surface area is 167 Å². The van der Waals surface area contributed by atoms with Crippen LogP contribution < -0.4 is 15.7 Å². The summed E-state index contributed by atoms with van der Waals surface area (Å²) in [6.45, 7) is 3.21. The lowest BCUT2D eigenvalue weighted by atomic mass is 10.2. The van der Waals surface area contributed by atoms with Gasteiger partial charge in [-0.2, -0.15) is 5.10 Å². The molecule has 0 bridgehead atoms. The van der Waals surface area contributed by atoms with Crippen LogP contribution in [0.15, 0.2) is 36.7 Å². The third kappa shape index (κ3) is 4.19. The number of carbonyl (C=O) groups is 1. The van der Waals surface area contributed by atoms with Crippen LogP contribution in [0.1, 0.15) is 16.1 Å². The summed E-state index contributed by atoms with van der Waals surface area (Å²) >= 11 is 0. The van der Waals surface area contributed by atoms with Gasteiger partial charge in [0.15, 0.2) is 0 Å². The van der Waals surface area contributed by atoms with E-state index in [1.54, 1.807) is 5.48 Å². The van der Waals surface area contributed by atoms with E-state index in [0.29, 0.717) is 38.7 Å². The minimum atomic E-state index is -0.636. The Morgan fingerprint density at radius 2 is 2.10 bits per heavy atom. The molecule has 10 heteroatoms. The quantitative estimate of drug-likeness (QED) is 0.406. The molecular weight excluding hydrogens is 374 g/mol. The lowest BCUT2D eigenvalue weighted by molar-refractivity contribution is 0.0401. The number of ether oxygens (including phenoxy) is 1. The predicted molar refractivity (Wildman–Crippen MR) is 106 cm³/mol. The molecule has 1 aliphatic heterocycles. The molecule has 1 fully saturated rings. The number of para-hydroxylation sites is 1. The average Bonchev–Trinajstić information content (AvgIpc) is 3.09. The summed E-state index contributed by atoms with van der Waals surface area (Å²) in [5.41, 5.74) is 3.89. The zero-order valence-corrected chi connectivity index (χ0v) is 16.1. The van der Waals surface area contributed by atoms with Crippen LogP contribution in [0.25, 0.3) is 10.9 Å². The summed E-state index contributed by atoms with van der Waals surface area (Å²) in [5.74, 6) is -0.105. The van der Waals surface area contributed by atoms with E-state index in [1.165, 1.54) is 12.4 Å². The van der Waals surface area contributed by atoms with Crippen molar-refractivity contribution in [3.8, 4) is 0 Å². The maximum absolute atomic E-state index is 11.4. The number of hydrogen-bond donors (Lipinski definition) is 3. The molecule has 1 aliphatic rings. The normalized spacial score (nSPS) is 16.9. The van der Waals surface area contributed by atoms with Gasteiger partial charge in [-0.05, 0) is 6.07 Å². The Balaban J connectivity index is 1.33. The Hall–Kier alpha value is -3.08. The van der Waals surface area contributed by atoms with E-state index in [-0.39, 0.29) is 11.7 Å². The van der Waals surface area contributed by atoms with Crippen molar-refractivity contribution in [2.24, 2.45) is 7.05 Å². The molecule has 1 atom stereocenters. The summed E-state index contributed by atoms with van der Waals surface area (Å²) in [6, 6.07) is 8.17. The van der Waals surface area contributed by atoms with Crippen LogP contribution >= 0.6 is 0 Å². The number of fused-ring (bicyclic) bond motifs is 1. The lowest BCUT2D eigenvalue weighted by Gasteiger charge is -2.33. The van der Waals surface area contributed by atoms with Gasteiger partial charge in [-0.1, -0.05) is 18.2 Å². The van der Waals surface area contributed by atoms with E-state index in [4.69, 9.17) is 9.94 Å². The van der Waals surface area contributed by atoms with Gasteiger partial charge in [-0.15, -0.1) is 0 Å². The molecule has 29 heavy (non-hydrogen) atoms. The molecule has 3 heterocycles. The Bertz CT molecular complexity index is 989. The van der Waals surface area contributed by atoms with Crippen molar-refractivity contribution in [2.75, 3.05) is 31.1 Å². The van der Waals surface area contributed by atoms with Gasteiger partial charge in [0.05, 0.1) is 29.5 Å². The Morgan fingerprint density at radius 1 is 1.31 bits per heavy atom. The maximum atomic E-state index is 11.4. The molecule has 0 saturated carbocycles. The topological polar surface area (TPSA) is 117 Å². The van der Waals surface area contributed by atoms with Crippen LogP contribution in [0.5, 0.6) is 0 Å². The number of aryl methyl sites for hydroxylation is 1. The molecule has 1 unspecified atom stereocenters. The third-order valence-electron chi connectivity index (χ3n) is 4.92. The first-order chi connectivity index (χ1) is 14.2. The SMILES string of the molecule is Cn1nc(CNCC2CN(c3ncc(C(=O)NO)cn3)CCO2)c2ccccc21. The molecule has 152 valence electrons. The van der Waals surface area contributed by atoms with Gasteiger partial charge in [0, 0.05) is 51.0 Å². The molecule has 0 spiro atoms. The lowest BCUT2D eigenvalue weighted by Crippen LogP contribution is -2.47. The largest absolute Gasteiger partial charge is 0.373 e. The highest BCUT2D eigenvalue weighted by Crippen LogP contribution is 2.17. The minimum absolute atomic E-state index is 0.0113. The van der Waals surface area contributed by atoms with Crippen LogP contribution in [-0.4, -0.2) is 63.2 Å². The first-order valence-corrected chi connectivity index (χ1v) is 9.40. The average molecular weight is 397 g/mol. The number of benzene rings is 1. The van der Waals surface area contributed by atoms with Gasteiger partial charge < -0.3 is 15.0 Å². The second-order valence-corrected chi connectivity index (χ2v) is 6.87. The molecule has 10 nitrogen and oxygen atoms in total. The zero-order valence-electron chi connectivity index (χ0n) is 16.1. The fourth-order valence-corrected chi connectivity index (χ4v) is 3.46. The van der Waals surface area contributed by atoms with E-state index in [2.05, 4.69) is 32.5 Å². The molecule has 0 radical (unpaired) electrons. The number of hydroxylamine groups is 1. The second-order valence-electron chi connectivity index (χ2n) is 6.87. The highest BCUT2D eigenvalue weighted by atomic mass is 16.5. The summed E-state index contributed by atoms with van der Waals surface area (Å²) in [5, 5.41) is 17.8. The van der Waals surface area contributed by atoms with Gasteiger partial charge in [0.25, 0.3) is 5.91 Å². The van der Waals surface area contributed by atoms with Crippen molar-refractivity contribution in [3.63, 3.8) is 0 Å². The number of nitrogens with one attached hydrogen (secondary N) is 2. The number of nitrogens with zero attached hydrogens (tertiary/aromatic N) is 5. The number of amides is 1. The molecular formula is C19H23N7O3. The molecule has 3 N–H and O–H groups in total.